The maximum atomic E-state index is 12.3. The second-order valence-corrected chi connectivity index (χ2v) is 8.25. The summed E-state index contributed by atoms with van der Waals surface area (Å²) in [5, 5.41) is 9.92. The third-order valence-corrected chi connectivity index (χ3v) is 5.79. The van der Waals surface area contributed by atoms with Gasteiger partial charge in [-0.05, 0) is 51.5 Å². The number of H-pyrrole nitrogens is 1. The van der Waals surface area contributed by atoms with Crippen molar-refractivity contribution in [2.24, 2.45) is 0 Å². The highest BCUT2D eigenvalue weighted by Gasteiger charge is 2.51. The summed E-state index contributed by atoms with van der Waals surface area (Å²) in [6, 6.07) is 7.35. The minimum atomic E-state index is -0.581. The molecule has 2 heterocycles. The van der Waals surface area contributed by atoms with Crippen LogP contribution in [-0.2, 0) is 9.31 Å². The largest absolute Gasteiger partial charge is 0.496 e. The van der Waals surface area contributed by atoms with E-state index in [0.717, 1.165) is 5.46 Å². The van der Waals surface area contributed by atoms with Crippen LogP contribution in [0.2, 0.25) is 0 Å². The number of aromatic nitrogens is 2. The summed E-state index contributed by atoms with van der Waals surface area (Å²) in [7, 11) is 0.948. The van der Waals surface area contributed by atoms with Gasteiger partial charge in [-0.25, -0.2) is 4.98 Å². The lowest BCUT2D eigenvalue weighted by molar-refractivity contribution is 0.00578. The average Bonchev–Trinajstić information content (AvgIpc) is 2.87. The summed E-state index contributed by atoms with van der Waals surface area (Å²) in [6.07, 6.45) is 1.80. The van der Waals surface area contributed by atoms with Crippen LogP contribution in [0, 0.1) is 11.3 Å². The van der Waals surface area contributed by atoms with E-state index in [4.69, 9.17) is 14.0 Å². The molecule has 0 radical (unpaired) electrons. The Balaban J connectivity index is 2.16. The van der Waals surface area contributed by atoms with E-state index in [2.05, 4.69) is 9.97 Å². The molecular formula is C19H22BN3O4S. The number of nitriles is 1. The Kier molecular flexibility index (Phi) is 5.32. The van der Waals surface area contributed by atoms with Crippen molar-refractivity contribution in [2.45, 2.75) is 44.1 Å². The van der Waals surface area contributed by atoms with Crippen LogP contribution in [0.1, 0.15) is 33.3 Å². The van der Waals surface area contributed by atoms with Crippen molar-refractivity contribution >= 4 is 24.3 Å². The van der Waals surface area contributed by atoms with E-state index in [1.54, 1.807) is 18.4 Å². The van der Waals surface area contributed by atoms with Crippen LogP contribution in [0.15, 0.2) is 28.2 Å². The molecule has 0 saturated carbocycles. The van der Waals surface area contributed by atoms with Crippen LogP contribution in [0.5, 0.6) is 5.75 Å². The van der Waals surface area contributed by atoms with E-state index in [1.165, 1.54) is 18.9 Å². The first kappa shape index (κ1) is 20.5. The summed E-state index contributed by atoms with van der Waals surface area (Å²) < 4.78 is 17.7. The van der Waals surface area contributed by atoms with Gasteiger partial charge in [0, 0.05) is 5.56 Å². The lowest BCUT2D eigenvalue weighted by atomic mass is 9.78. The molecule has 0 spiro atoms. The van der Waals surface area contributed by atoms with Gasteiger partial charge in [0.05, 0.1) is 18.3 Å². The quantitative estimate of drug-likeness (QED) is 0.479. The third kappa shape index (κ3) is 3.43. The number of hydrogen-bond acceptors (Lipinski definition) is 7. The van der Waals surface area contributed by atoms with Gasteiger partial charge >= 0.3 is 7.12 Å². The van der Waals surface area contributed by atoms with Crippen molar-refractivity contribution in [2.75, 3.05) is 13.4 Å². The highest BCUT2D eigenvalue weighted by molar-refractivity contribution is 7.98. The number of hydrogen-bond donors (Lipinski definition) is 1. The Bertz CT molecular complexity index is 997. The highest BCUT2D eigenvalue weighted by Crippen LogP contribution is 2.37. The Morgan fingerprint density at radius 2 is 1.89 bits per heavy atom. The fourth-order valence-corrected chi connectivity index (χ4v) is 3.26. The number of benzene rings is 1. The number of nitrogens with one attached hydrogen (secondary N) is 1. The molecule has 1 N–H and O–H groups in total. The number of thioether (sulfide) groups is 1. The van der Waals surface area contributed by atoms with Gasteiger partial charge in [0.25, 0.3) is 5.56 Å². The van der Waals surface area contributed by atoms with Gasteiger partial charge in [-0.3, -0.25) is 4.79 Å². The zero-order chi connectivity index (χ0) is 20.7. The van der Waals surface area contributed by atoms with E-state index in [-0.39, 0.29) is 11.3 Å². The van der Waals surface area contributed by atoms with Gasteiger partial charge in [0.1, 0.15) is 23.1 Å². The minimum Gasteiger partial charge on any atom is -0.496 e. The predicted octanol–water partition coefficient (Wildman–Crippen LogP) is 2.34. The van der Waals surface area contributed by atoms with Gasteiger partial charge in [-0.15, -0.1) is 0 Å². The van der Waals surface area contributed by atoms with Crippen LogP contribution < -0.4 is 15.8 Å². The molecular weight excluding hydrogens is 377 g/mol. The van der Waals surface area contributed by atoms with E-state index >= 15 is 0 Å². The molecule has 1 aliphatic heterocycles. The highest BCUT2D eigenvalue weighted by atomic mass is 32.2. The van der Waals surface area contributed by atoms with E-state index in [0.29, 0.717) is 16.5 Å². The molecule has 0 atom stereocenters. The van der Waals surface area contributed by atoms with Crippen molar-refractivity contribution in [3.8, 4) is 23.1 Å². The van der Waals surface area contributed by atoms with Gasteiger partial charge in [-0.1, -0.05) is 17.8 Å². The molecule has 1 aromatic carbocycles. The minimum absolute atomic E-state index is 0.0674. The first-order valence-corrected chi connectivity index (χ1v) is 9.98. The number of rotatable bonds is 4. The standard InChI is InChI=1S/C19H22BN3O4S/c1-18(2)19(3,4)27-20(26-18)11-7-8-14(25-5)12(9-11)15-13(10-21)16(24)23-17(22-15)28-6/h7-9H,1-6H3,(H,22,23,24). The van der Waals surface area contributed by atoms with Crippen molar-refractivity contribution in [3.63, 3.8) is 0 Å². The van der Waals surface area contributed by atoms with E-state index < -0.39 is 23.9 Å². The molecule has 1 aromatic heterocycles. The topological polar surface area (TPSA) is 97.2 Å². The SMILES string of the molecule is COc1ccc(B2OC(C)(C)C(C)(C)O2)cc1-c1nc(SC)[nH]c(=O)c1C#N. The first-order chi connectivity index (χ1) is 13.1. The predicted molar refractivity (Wildman–Crippen MR) is 109 cm³/mol. The van der Waals surface area contributed by atoms with Crippen LogP contribution in [-0.4, -0.2) is 41.7 Å². The summed E-state index contributed by atoms with van der Waals surface area (Å²) in [5.74, 6) is 0.502. The first-order valence-electron chi connectivity index (χ1n) is 8.76. The second kappa shape index (κ2) is 7.28. The van der Waals surface area contributed by atoms with Crippen LogP contribution >= 0.6 is 11.8 Å². The van der Waals surface area contributed by atoms with E-state index in [9.17, 15) is 10.1 Å². The van der Waals surface area contributed by atoms with Gasteiger partial charge in [-0.2, -0.15) is 5.26 Å². The molecule has 0 amide bonds. The number of methoxy groups -OCH3 is 1. The summed E-state index contributed by atoms with van der Waals surface area (Å²) in [4.78, 5) is 19.4. The number of aromatic amines is 1. The molecule has 0 bridgehead atoms. The number of ether oxygens (including phenoxy) is 1. The fourth-order valence-electron chi connectivity index (χ4n) is 2.88. The summed E-state index contributed by atoms with van der Waals surface area (Å²) in [6.45, 7) is 7.92. The monoisotopic (exact) mass is 399 g/mol. The average molecular weight is 399 g/mol. The third-order valence-electron chi connectivity index (χ3n) is 5.21. The molecule has 146 valence electrons. The van der Waals surface area contributed by atoms with Gasteiger partial charge < -0.3 is 19.0 Å². The molecule has 7 nitrogen and oxygen atoms in total. The summed E-state index contributed by atoms with van der Waals surface area (Å²) in [5.41, 5.74) is 0.0414. The normalized spacial score (nSPS) is 17.4. The Labute approximate surface area is 168 Å². The Morgan fingerprint density at radius 3 is 2.43 bits per heavy atom. The second-order valence-electron chi connectivity index (χ2n) is 7.46. The molecule has 1 saturated heterocycles. The smallest absolute Gasteiger partial charge is 0.494 e. The fraction of sp³-hybridized carbons (Fsp3) is 0.421. The lowest BCUT2D eigenvalue weighted by Gasteiger charge is -2.32. The lowest BCUT2D eigenvalue weighted by Crippen LogP contribution is -2.41. The Morgan fingerprint density at radius 1 is 1.25 bits per heavy atom. The van der Waals surface area contributed by atoms with Gasteiger partial charge in [0.2, 0.25) is 0 Å². The number of nitrogens with zero attached hydrogens (tertiary/aromatic N) is 2. The maximum Gasteiger partial charge on any atom is 0.494 e. The van der Waals surface area contributed by atoms with Crippen LogP contribution in [0.3, 0.4) is 0 Å². The molecule has 3 rings (SSSR count). The van der Waals surface area contributed by atoms with Crippen LogP contribution in [0.25, 0.3) is 11.3 Å². The molecule has 2 aromatic rings. The molecule has 1 fully saturated rings. The zero-order valence-corrected chi connectivity index (χ0v) is 17.6. The molecule has 28 heavy (non-hydrogen) atoms. The summed E-state index contributed by atoms with van der Waals surface area (Å²) >= 11 is 1.29. The van der Waals surface area contributed by atoms with E-state index in [1.807, 2.05) is 39.8 Å². The van der Waals surface area contributed by atoms with Crippen LogP contribution in [0.4, 0.5) is 0 Å². The molecule has 0 aliphatic carbocycles. The maximum absolute atomic E-state index is 12.3. The molecule has 1 aliphatic rings. The van der Waals surface area contributed by atoms with Crippen molar-refractivity contribution in [1.29, 1.82) is 5.26 Å². The molecule has 9 heteroatoms. The van der Waals surface area contributed by atoms with Crippen molar-refractivity contribution < 1.29 is 14.0 Å². The zero-order valence-electron chi connectivity index (χ0n) is 16.7. The van der Waals surface area contributed by atoms with Gasteiger partial charge in [0.15, 0.2) is 5.16 Å². The Hall–Kier alpha value is -2.28. The van der Waals surface area contributed by atoms with Crippen molar-refractivity contribution in [1.82, 2.24) is 9.97 Å². The van der Waals surface area contributed by atoms with Crippen molar-refractivity contribution in [3.05, 3.63) is 34.1 Å². The molecule has 0 unspecified atom stereocenters.